The van der Waals surface area contributed by atoms with E-state index in [0.29, 0.717) is 11.1 Å². The van der Waals surface area contributed by atoms with Crippen molar-refractivity contribution >= 4 is 21.2 Å². The number of hydrogen-bond donors (Lipinski definition) is 1. The first-order valence-electron chi connectivity index (χ1n) is 8.31. The maximum atomic E-state index is 14.5. The minimum atomic E-state index is -3.74. The molecule has 0 saturated heterocycles. The summed E-state index contributed by atoms with van der Waals surface area (Å²) in [6.45, 7) is 4.78. The SMILES string of the molecule is COc1cn2ncc(-c3cc(OC)c(N)nc3F)c2cc1S(=O)(=O)C(C)(C)C. The molecule has 0 unspecified atom stereocenters. The zero-order valence-corrected chi connectivity index (χ0v) is 17.0. The van der Waals surface area contributed by atoms with Gasteiger partial charge >= 0.3 is 0 Å². The van der Waals surface area contributed by atoms with E-state index in [0.717, 1.165) is 0 Å². The molecular weight excluding hydrogens is 387 g/mol. The average Bonchev–Trinajstić information content (AvgIpc) is 3.02. The summed E-state index contributed by atoms with van der Waals surface area (Å²) in [6, 6.07) is 2.82. The monoisotopic (exact) mass is 408 g/mol. The highest BCUT2D eigenvalue weighted by molar-refractivity contribution is 7.92. The fourth-order valence-corrected chi connectivity index (χ4v) is 4.05. The van der Waals surface area contributed by atoms with Crippen LogP contribution in [0.25, 0.3) is 16.6 Å². The number of fused-ring (bicyclic) bond motifs is 1. The van der Waals surface area contributed by atoms with Crippen LogP contribution in [0.4, 0.5) is 10.2 Å². The summed E-state index contributed by atoms with van der Waals surface area (Å²) in [6.07, 6.45) is 2.86. The van der Waals surface area contributed by atoms with Crippen LogP contribution in [-0.2, 0) is 9.84 Å². The molecule has 2 N–H and O–H groups in total. The maximum absolute atomic E-state index is 14.5. The van der Waals surface area contributed by atoms with Crippen LogP contribution in [0.15, 0.2) is 29.4 Å². The number of methoxy groups -OCH3 is 2. The molecule has 0 radical (unpaired) electrons. The van der Waals surface area contributed by atoms with Gasteiger partial charge in [0.1, 0.15) is 4.90 Å². The van der Waals surface area contributed by atoms with Gasteiger partial charge in [-0.1, -0.05) is 0 Å². The Morgan fingerprint density at radius 1 is 1.11 bits per heavy atom. The van der Waals surface area contributed by atoms with Crippen molar-refractivity contribution in [2.45, 2.75) is 30.4 Å². The number of nitrogen functional groups attached to an aromatic ring is 1. The molecule has 0 aromatic carbocycles. The number of sulfone groups is 1. The Kier molecular flexibility index (Phi) is 4.70. The van der Waals surface area contributed by atoms with E-state index in [9.17, 15) is 12.8 Å². The highest BCUT2D eigenvalue weighted by Crippen LogP contribution is 2.37. The van der Waals surface area contributed by atoms with Gasteiger partial charge in [-0.15, -0.1) is 0 Å². The molecule has 0 spiro atoms. The number of anilines is 1. The molecule has 0 fully saturated rings. The number of pyridine rings is 2. The molecule has 0 amide bonds. The fraction of sp³-hybridized carbons (Fsp3) is 0.333. The van der Waals surface area contributed by atoms with Gasteiger partial charge in [0.05, 0.1) is 36.9 Å². The van der Waals surface area contributed by atoms with Crippen LogP contribution in [0.5, 0.6) is 11.5 Å². The largest absolute Gasteiger partial charge is 0.494 e. The van der Waals surface area contributed by atoms with Crippen molar-refractivity contribution in [3.63, 3.8) is 0 Å². The smallest absolute Gasteiger partial charge is 0.223 e. The number of ether oxygens (including phenoxy) is 2. The van der Waals surface area contributed by atoms with Gasteiger partial charge in [-0.25, -0.2) is 12.9 Å². The van der Waals surface area contributed by atoms with Gasteiger partial charge in [-0.2, -0.15) is 14.5 Å². The lowest BCUT2D eigenvalue weighted by Crippen LogP contribution is -2.28. The van der Waals surface area contributed by atoms with Crippen LogP contribution in [-0.4, -0.2) is 42.0 Å². The van der Waals surface area contributed by atoms with Crippen LogP contribution in [0, 0.1) is 5.95 Å². The van der Waals surface area contributed by atoms with E-state index in [-0.39, 0.29) is 27.8 Å². The highest BCUT2D eigenvalue weighted by Gasteiger charge is 2.34. The summed E-state index contributed by atoms with van der Waals surface area (Å²) in [5, 5.41) is 4.18. The molecule has 10 heteroatoms. The maximum Gasteiger partial charge on any atom is 0.223 e. The van der Waals surface area contributed by atoms with Crippen molar-refractivity contribution in [3.05, 3.63) is 30.5 Å². The topological polar surface area (TPSA) is 109 Å². The van der Waals surface area contributed by atoms with E-state index in [1.807, 2.05) is 0 Å². The highest BCUT2D eigenvalue weighted by atomic mass is 32.2. The van der Waals surface area contributed by atoms with Gasteiger partial charge in [0.2, 0.25) is 5.95 Å². The molecule has 0 atom stereocenters. The van der Waals surface area contributed by atoms with Crippen molar-refractivity contribution in [1.82, 2.24) is 14.6 Å². The molecule has 3 aromatic heterocycles. The molecule has 8 nitrogen and oxygen atoms in total. The first kappa shape index (κ1) is 19.9. The minimum Gasteiger partial charge on any atom is -0.494 e. The molecule has 0 saturated carbocycles. The van der Waals surface area contributed by atoms with Crippen LogP contribution in [0.2, 0.25) is 0 Å². The Bertz CT molecular complexity index is 1170. The van der Waals surface area contributed by atoms with Crippen molar-refractivity contribution in [3.8, 4) is 22.6 Å². The Hall–Kier alpha value is -2.88. The van der Waals surface area contributed by atoms with Crippen molar-refractivity contribution < 1.29 is 22.3 Å². The van der Waals surface area contributed by atoms with Crippen molar-refractivity contribution in [1.29, 1.82) is 0 Å². The number of rotatable bonds is 4. The lowest BCUT2D eigenvalue weighted by atomic mass is 10.1. The molecule has 28 heavy (non-hydrogen) atoms. The third-order valence-electron chi connectivity index (χ3n) is 4.38. The second-order valence-electron chi connectivity index (χ2n) is 7.12. The van der Waals surface area contributed by atoms with Crippen LogP contribution in [0.1, 0.15) is 20.8 Å². The molecule has 3 rings (SSSR count). The van der Waals surface area contributed by atoms with Gasteiger partial charge in [-0.05, 0) is 32.9 Å². The van der Waals surface area contributed by atoms with E-state index in [4.69, 9.17) is 15.2 Å². The van der Waals surface area contributed by atoms with Gasteiger partial charge in [0.15, 0.2) is 27.2 Å². The predicted molar refractivity (Wildman–Crippen MR) is 103 cm³/mol. The Labute approximate surface area is 162 Å². The molecule has 0 aliphatic heterocycles. The zero-order chi connectivity index (χ0) is 20.9. The van der Waals surface area contributed by atoms with Crippen molar-refractivity contribution in [2.75, 3.05) is 20.0 Å². The lowest BCUT2D eigenvalue weighted by Gasteiger charge is -2.21. The summed E-state index contributed by atoms with van der Waals surface area (Å²) in [5.74, 6) is -0.556. The van der Waals surface area contributed by atoms with E-state index in [1.54, 1.807) is 20.8 Å². The Balaban J connectivity index is 2.33. The van der Waals surface area contributed by atoms with E-state index in [2.05, 4.69) is 10.1 Å². The predicted octanol–water partition coefficient (Wildman–Crippen LogP) is 2.71. The molecule has 0 aliphatic carbocycles. The van der Waals surface area contributed by atoms with Crippen LogP contribution < -0.4 is 15.2 Å². The normalized spacial score (nSPS) is 12.4. The molecule has 3 heterocycles. The third-order valence-corrected chi connectivity index (χ3v) is 6.89. The van der Waals surface area contributed by atoms with Crippen LogP contribution in [0.3, 0.4) is 0 Å². The van der Waals surface area contributed by atoms with Crippen molar-refractivity contribution in [2.24, 2.45) is 0 Å². The first-order valence-corrected chi connectivity index (χ1v) is 9.80. The zero-order valence-electron chi connectivity index (χ0n) is 16.1. The first-order chi connectivity index (χ1) is 13.0. The molecule has 0 aliphatic rings. The fourth-order valence-electron chi connectivity index (χ4n) is 2.73. The standard InChI is InChI=1S/C18H21FN4O4S/c1-18(2,3)28(24,25)15-7-12-11(8-21-23(12)9-14(15)27-5)10-6-13(26-4)17(20)22-16(10)19/h6-9H,1-5H3,(H2,20,22). The second kappa shape index (κ2) is 6.62. The number of nitrogens with two attached hydrogens (primary N) is 1. The summed E-state index contributed by atoms with van der Waals surface area (Å²) in [4.78, 5) is 3.65. The Morgan fingerprint density at radius 2 is 1.75 bits per heavy atom. The summed E-state index contributed by atoms with van der Waals surface area (Å²) >= 11 is 0. The van der Waals surface area contributed by atoms with E-state index in [1.165, 1.54) is 43.3 Å². The minimum absolute atomic E-state index is 0.00692. The molecular formula is C18H21FN4O4S. The van der Waals surface area contributed by atoms with Crippen LogP contribution >= 0.6 is 0 Å². The number of nitrogens with zero attached hydrogens (tertiary/aromatic N) is 3. The van der Waals surface area contributed by atoms with E-state index < -0.39 is 20.5 Å². The summed E-state index contributed by atoms with van der Waals surface area (Å²) in [5.41, 5.74) is 6.44. The quantitative estimate of drug-likeness (QED) is 0.661. The number of hydrogen-bond acceptors (Lipinski definition) is 7. The lowest BCUT2D eigenvalue weighted by molar-refractivity contribution is 0.398. The van der Waals surface area contributed by atoms with Gasteiger partial charge < -0.3 is 15.2 Å². The number of halogens is 1. The summed E-state index contributed by atoms with van der Waals surface area (Å²) in [7, 11) is -0.968. The molecule has 150 valence electrons. The van der Waals surface area contributed by atoms with Gasteiger partial charge in [0, 0.05) is 11.1 Å². The molecule has 3 aromatic rings. The number of aromatic nitrogens is 3. The Morgan fingerprint density at radius 3 is 2.32 bits per heavy atom. The second-order valence-corrected chi connectivity index (χ2v) is 9.80. The van der Waals surface area contributed by atoms with Gasteiger partial charge in [0.25, 0.3) is 0 Å². The summed E-state index contributed by atoms with van der Waals surface area (Å²) < 4.78 is 51.3. The molecule has 0 bridgehead atoms. The third kappa shape index (κ3) is 3.03. The average molecular weight is 408 g/mol. The van der Waals surface area contributed by atoms with E-state index >= 15 is 0 Å². The van der Waals surface area contributed by atoms with Gasteiger partial charge in [-0.3, -0.25) is 0 Å².